The Kier molecular flexibility index (Phi) is 7.39. The van der Waals surface area contributed by atoms with Gasteiger partial charge in [0.05, 0.1) is 0 Å². The lowest BCUT2D eigenvalue weighted by atomic mass is 10.2. The molecule has 0 aromatic heterocycles. The number of hydrazine groups is 1. The molecule has 94 valence electrons. The molecule has 17 heavy (non-hydrogen) atoms. The first-order valence-electron chi connectivity index (χ1n) is 4.51. The predicted molar refractivity (Wildman–Crippen MR) is 79.2 cm³/mol. The molecule has 0 aliphatic heterocycles. The zero-order valence-electron chi connectivity index (χ0n) is 8.88. The molecule has 0 fully saturated rings. The maximum atomic E-state index is 7.45. The van der Waals surface area contributed by atoms with Crippen molar-refractivity contribution in [1.82, 2.24) is 16.2 Å². The molecular formula is C9H14ClIN6. The van der Waals surface area contributed by atoms with Gasteiger partial charge >= 0.3 is 0 Å². The van der Waals surface area contributed by atoms with E-state index in [-0.39, 0.29) is 24.3 Å². The molecule has 1 aromatic carbocycles. The van der Waals surface area contributed by atoms with Crippen molar-refractivity contribution in [3.8, 4) is 0 Å². The van der Waals surface area contributed by atoms with Gasteiger partial charge < -0.3 is 11.1 Å². The molecule has 8 heteroatoms. The van der Waals surface area contributed by atoms with E-state index in [9.17, 15) is 0 Å². The lowest BCUT2D eigenvalue weighted by molar-refractivity contribution is 0.768. The maximum Gasteiger partial charge on any atom is 0.207 e. The van der Waals surface area contributed by atoms with Crippen LogP contribution in [0.4, 0.5) is 0 Å². The van der Waals surface area contributed by atoms with E-state index < -0.39 is 0 Å². The van der Waals surface area contributed by atoms with Gasteiger partial charge in [-0.05, 0) is 40.3 Å². The monoisotopic (exact) mass is 368 g/mol. The van der Waals surface area contributed by atoms with Gasteiger partial charge in [-0.3, -0.25) is 21.7 Å². The van der Waals surface area contributed by atoms with E-state index in [0.29, 0.717) is 6.54 Å². The first-order chi connectivity index (χ1) is 7.58. The summed E-state index contributed by atoms with van der Waals surface area (Å²) in [4.78, 5) is 0. The highest BCUT2D eigenvalue weighted by Gasteiger charge is 1.96. The summed E-state index contributed by atoms with van der Waals surface area (Å²) >= 11 is 2.23. The van der Waals surface area contributed by atoms with E-state index in [2.05, 4.69) is 38.8 Å². The summed E-state index contributed by atoms with van der Waals surface area (Å²) in [6.45, 7) is 0.544. The number of hydrogen-bond acceptors (Lipinski definition) is 2. The second kappa shape index (κ2) is 7.96. The summed E-state index contributed by atoms with van der Waals surface area (Å²) < 4.78 is 1.15. The minimum absolute atomic E-state index is 0. The number of halogens is 2. The van der Waals surface area contributed by atoms with Crippen LogP contribution >= 0.6 is 35.0 Å². The number of hydrogen-bond donors (Lipinski definition) is 6. The Morgan fingerprint density at radius 1 is 1.29 bits per heavy atom. The molecule has 0 aliphatic rings. The van der Waals surface area contributed by atoms with E-state index in [1.165, 1.54) is 0 Å². The molecule has 6 nitrogen and oxygen atoms in total. The van der Waals surface area contributed by atoms with Crippen LogP contribution in [0, 0.1) is 14.4 Å². The molecule has 0 heterocycles. The van der Waals surface area contributed by atoms with Crippen molar-refractivity contribution in [1.29, 1.82) is 10.8 Å². The van der Waals surface area contributed by atoms with Gasteiger partial charge in [-0.1, -0.05) is 12.1 Å². The van der Waals surface area contributed by atoms with Gasteiger partial charge in [0.15, 0.2) is 0 Å². The summed E-state index contributed by atoms with van der Waals surface area (Å²) in [7, 11) is 0. The van der Waals surface area contributed by atoms with Gasteiger partial charge in [0.2, 0.25) is 11.9 Å². The third-order valence-corrected chi connectivity index (χ3v) is 2.35. The van der Waals surface area contributed by atoms with E-state index in [4.69, 9.17) is 16.6 Å². The van der Waals surface area contributed by atoms with Crippen molar-refractivity contribution in [2.45, 2.75) is 6.54 Å². The standard InChI is InChI=1S/C9H13IN6.ClH/c10-7-3-1-2-6(4-7)5-14-9(13)16-15-8(11)12;/h1-4H,5H2,(H4,11,12,15)(H3,13,14,16);1H. The molecule has 0 bridgehead atoms. The number of nitrogens with two attached hydrogens (primary N) is 1. The van der Waals surface area contributed by atoms with E-state index in [1.807, 2.05) is 24.3 Å². The van der Waals surface area contributed by atoms with Crippen LogP contribution in [0.15, 0.2) is 24.3 Å². The van der Waals surface area contributed by atoms with Crippen LogP contribution in [0.1, 0.15) is 5.56 Å². The summed E-state index contributed by atoms with van der Waals surface area (Å²) in [5.74, 6) is -0.171. The highest BCUT2D eigenvalue weighted by molar-refractivity contribution is 14.1. The Hall–Kier alpha value is -1.22. The van der Waals surface area contributed by atoms with Crippen LogP contribution in [0.3, 0.4) is 0 Å². The first kappa shape index (κ1) is 15.8. The summed E-state index contributed by atoms with van der Waals surface area (Å²) in [6.07, 6.45) is 0. The smallest absolute Gasteiger partial charge is 0.207 e. The number of benzene rings is 1. The van der Waals surface area contributed by atoms with Gasteiger partial charge in [-0.2, -0.15) is 0 Å². The first-order valence-corrected chi connectivity index (χ1v) is 5.58. The number of nitrogens with one attached hydrogen (secondary N) is 5. The zero-order chi connectivity index (χ0) is 12.0. The largest absolute Gasteiger partial charge is 0.369 e. The Balaban J connectivity index is 0.00000256. The number of rotatable bonds is 2. The second-order valence-corrected chi connectivity index (χ2v) is 4.27. The zero-order valence-corrected chi connectivity index (χ0v) is 11.9. The Labute approximate surface area is 119 Å². The summed E-state index contributed by atoms with van der Waals surface area (Å²) in [5.41, 5.74) is 10.9. The third kappa shape index (κ3) is 6.84. The average molecular weight is 369 g/mol. The maximum absolute atomic E-state index is 7.45. The summed E-state index contributed by atoms with van der Waals surface area (Å²) in [6, 6.07) is 7.97. The molecule has 7 N–H and O–H groups in total. The highest BCUT2D eigenvalue weighted by atomic mass is 127. The van der Waals surface area contributed by atoms with Gasteiger partial charge in [-0.15, -0.1) is 12.4 Å². The topological polar surface area (TPSA) is 110 Å². The minimum atomic E-state index is -0.235. The van der Waals surface area contributed by atoms with Crippen molar-refractivity contribution in [3.05, 3.63) is 33.4 Å². The summed E-state index contributed by atoms with van der Waals surface area (Å²) in [5, 5.41) is 17.2. The lowest BCUT2D eigenvalue weighted by Crippen LogP contribution is -2.49. The van der Waals surface area contributed by atoms with Crippen LogP contribution in [-0.4, -0.2) is 11.9 Å². The second-order valence-electron chi connectivity index (χ2n) is 3.02. The van der Waals surface area contributed by atoms with Gasteiger partial charge in [0.1, 0.15) is 0 Å². The molecule has 1 rings (SSSR count). The van der Waals surface area contributed by atoms with E-state index in [1.54, 1.807) is 0 Å². The molecule has 0 unspecified atom stereocenters. The fraction of sp³-hybridized carbons (Fsp3) is 0.111. The highest BCUT2D eigenvalue weighted by Crippen LogP contribution is 2.06. The molecule has 0 atom stereocenters. The van der Waals surface area contributed by atoms with E-state index in [0.717, 1.165) is 9.13 Å². The quantitative estimate of drug-likeness (QED) is 0.200. The van der Waals surface area contributed by atoms with Crippen molar-refractivity contribution < 1.29 is 0 Å². The molecule has 0 aliphatic carbocycles. The Bertz CT molecular complexity index is 397. The van der Waals surface area contributed by atoms with Gasteiger partial charge in [0, 0.05) is 10.1 Å². The van der Waals surface area contributed by atoms with Crippen molar-refractivity contribution in [3.63, 3.8) is 0 Å². The molecule has 1 aromatic rings. The SMILES string of the molecule is Cl.N=C(N)NNC(=N)NCc1cccc(I)c1. The molecule has 0 spiro atoms. The molecule has 0 radical (unpaired) electrons. The van der Waals surface area contributed by atoms with Crippen molar-refractivity contribution >= 4 is 46.9 Å². The van der Waals surface area contributed by atoms with Crippen LogP contribution in [0.25, 0.3) is 0 Å². The van der Waals surface area contributed by atoms with Crippen molar-refractivity contribution in [2.24, 2.45) is 5.73 Å². The Morgan fingerprint density at radius 3 is 2.59 bits per heavy atom. The van der Waals surface area contributed by atoms with Crippen LogP contribution in [-0.2, 0) is 6.54 Å². The fourth-order valence-corrected chi connectivity index (χ4v) is 1.62. The van der Waals surface area contributed by atoms with Gasteiger partial charge in [0.25, 0.3) is 0 Å². The predicted octanol–water partition coefficient (Wildman–Crippen LogP) is 0.725. The number of guanidine groups is 2. The average Bonchev–Trinajstić information content (AvgIpc) is 2.23. The molecule has 0 amide bonds. The van der Waals surface area contributed by atoms with E-state index >= 15 is 0 Å². The van der Waals surface area contributed by atoms with Crippen LogP contribution < -0.4 is 21.9 Å². The van der Waals surface area contributed by atoms with Crippen LogP contribution in [0.2, 0.25) is 0 Å². The fourth-order valence-electron chi connectivity index (χ4n) is 1.01. The van der Waals surface area contributed by atoms with Crippen molar-refractivity contribution in [2.75, 3.05) is 0 Å². The molecular weight excluding hydrogens is 354 g/mol. The lowest BCUT2D eigenvalue weighted by Gasteiger charge is -2.11. The molecule has 0 saturated carbocycles. The third-order valence-electron chi connectivity index (χ3n) is 1.68. The normalized spacial score (nSPS) is 8.76. The van der Waals surface area contributed by atoms with Crippen LogP contribution in [0.5, 0.6) is 0 Å². The minimum Gasteiger partial charge on any atom is -0.369 e. The molecule has 0 saturated heterocycles. The van der Waals surface area contributed by atoms with Gasteiger partial charge in [-0.25, -0.2) is 0 Å². The Morgan fingerprint density at radius 2 is 2.00 bits per heavy atom.